The molecule has 39 heavy (non-hydrogen) atoms. The van der Waals surface area contributed by atoms with Gasteiger partial charge in [0.25, 0.3) is 11.8 Å². The monoisotopic (exact) mass is 544 g/mol. The number of carbonyl (C=O) groups is 4. The molecule has 3 fully saturated rings. The average Bonchev–Trinajstić information content (AvgIpc) is 3.68. The van der Waals surface area contributed by atoms with Crippen molar-refractivity contribution < 1.29 is 19.2 Å². The minimum atomic E-state index is -0.716. The van der Waals surface area contributed by atoms with E-state index < -0.39 is 12.1 Å². The minimum Gasteiger partial charge on any atom is -0.340 e. The molecule has 1 aliphatic carbocycles. The van der Waals surface area contributed by atoms with Gasteiger partial charge in [0.2, 0.25) is 5.91 Å². The van der Waals surface area contributed by atoms with Gasteiger partial charge in [0, 0.05) is 28.2 Å². The van der Waals surface area contributed by atoms with E-state index in [1.807, 2.05) is 29.6 Å². The quantitative estimate of drug-likeness (QED) is 0.505. The minimum absolute atomic E-state index is 0.0327. The van der Waals surface area contributed by atoms with Gasteiger partial charge < -0.3 is 15.1 Å². The SMILES string of the molecule is O=C(NC(CC1CCCCC1)C(=O)N1CCC2C1C(=O)CN2C(=O)c1ccccn1)c1csc2ccccc12. The topological polar surface area (TPSA) is 99.7 Å². The van der Waals surface area contributed by atoms with Crippen molar-refractivity contribution in [3.8, 4) is 0 Å². The zero-order valence-corrected chi connectivity index (χ0v) is 22.6. The highest BCUT2D eigenvalue weighted by Crippen LogP contribution is 2.33. The van der Waals surface area contributed by atoms with Crippen LogP contribution < -0.4 is 5.32 Å². The summed E-state index contributed by atoms with van der Waals surface area (Å²) in [5, 5.41) is 5.78. The fraction of sp³-hybridized carbons (Fsp3) is 0.433. The third-order valence-corrected chi connectivity index (χ3v) is 9.44. The van der Waals surface area contributed by atoms with Crippen LogP contribution >= 0.6 is 11.3 Å². The van der Waals surface area contributed by atoms with Crippen molar-refractivity contribution in [2.24, 2.45) is 5.92 Å². The number of thiophene rings is 1. The van der Waals surface area contributed by atoms with Crippen molar-refractivity contribution in [2.75, 3.05) is 13.1 Å². The predicted octanol–water partition coefficient (Wildman–Crippen LogP) is 4.06. The fourth-order valence-corrected chi connectivity index (χ4v) is 7.48. The molecule has 0 radical (unpaired) electrons. The number of fused-ring (bicyclic) bond motifs is 2. The van der Waals surface area contributed by atoms with Gasteiger partial charge in [-0.2, -0.15) is 0 Å². The molecule has 1 N–H and O–H groups in total. The molecule has 1 aromatic carbocycles. The van der Waals surface area contributed by atoms with Crippen LogP contribution in [-0.4, -0.2) is 69.5 Å². The molecular formula is C30H32N4O4S. The number of aromatic nitrogens is 1. The number of hydrogen-bond donors (Lipinski definition) is 1. The number of carbonyl (C=O) groups excluding carboxylic acids is 4. The lowest BCUT2D eigenvalue weighted by Crippen LogP contribution is -2.53. The Morgan fingerprint density at radius 1 is 1.00 bits per heavy atom. The third kappa shape index (κ3) is 4.95. The second-order valence-corrected chi connectivity index (χ2v) is 11.8. The molecule has 2 saturated heterocycles. The number of pyridine rings is 1. The van der Waals surface area contributed by atoms with Crippen LogP contribution in [0.1, 0.15) is 65.8 Å². The molecule has 3 aromatic rings. The van der Waals surface area contributed by atoms with E-state index in [2.05, 4.69) is 10.3 Å². The molecule has 3 unspecified atom stereocenters. The maximum atomic E-state index is 14.1. The van der Waals surface area contributed by atoms with Crippen molar-refractivity contribution in [3.63, 3.8) is 0 Å². The Morgan fingerprint density at radius 3 is 2.59 bits per heavy atom. The predicted molar refractivity (Wildman–Crippen MR) is 148 cm³/mol. The molecule has 8 nitrogen and oxygen atoms in total. The maximum Gasteiger partial charge on any atom is 0.273 e. The Morgan fingerprint density at radius 2 is 1.79 bits per heavy atom. The average molecular weight is 545 g/mol. The molecule has 2 aromatic heterocycles. The molecule has 1 saturated carbocycles. The standard InChI is InChI=1S/C30H32N4O4S/c35-25-17-34(29(37)22-11-6-7-14-31-22)24-13-15-33(27(24)25)30(38)23(16-19-8-2-1-3-9-19)32-28(36)21-18-39-26-12-5-4-10-20(21)26/h4-7,10-12,14,18-19,23-24,27H,1-3,8-9,13,15-17H2,(H,32,36). The molecule has 2 aliphatic heterocycles. The van der Waals surface area contributed by atoms with Gasteiger partial charge in [-0.05, 0) is 37.0 Å². The summed E-state index contributed by atoms with van der Waals surface area (Å²) in [5.41, 5.74) is 0.863. The zero-order valence-electron chi connectivity index (χ0n) is 21.8. The molecule has 9 heteroatoms. The highest BCUT2D eigenvalue weighted by molar-refractivity contribution is 7.17. The fourth-order valence-electron chi connectivity index (χ4n) is 6.54. The normalized spacial score (nSPS) is 22.2. The van der Waals surface area contributed by atoms with Gasteiger partial charge in [-0.1, -0.05) is 56.4 Å². The Kier molecular flexibility index (Phi) is 7.16. The van der Waals surface area contributed by atoms with E-state index in [4.69, 9.17) is 0 Å². The lowest BCUT2D eigenvalue weighted by Gasteiger charge is -2.31. The van der Waals surface area contributed by atoms with Crippen molar-refractivity contribution in [3.05, 3.63) is 65.3 Å². The summed E-state index contributed by atoms with van der Waals surface area (Å²) in [6.45, 7) is 0.347. The van der Waals surface area contributed by atoms with Crippen LogP contribution in [0.3, 0.4) is 0 Å². The van der Waals surface area contributed by atoms with Crippen LogP contribution in [-0.2, 0) is 9.59 Å². The number of amides is 3. The number of nitrogens with zero attached hydrogens (tertiary/aromatic N) is 3. The van der Waals surface area contributed by atoms with Gasteiger partial charge in [0.05, 0.1) is 18.2 Å². The van der Waals surface area contributed by atoms with Crippen LogP contribution in [0.4, 0.5) is 0 Å². The lowest BCUT2D eigenvalue weighted by molar-refractivity contribution is -0.138. The number of nitrogens with one attached hydrogen (secondary N) is 1. The zero-order chi connectivity index (χ0) is 26.9. The highest BCUT2D eigenvalue weighted by atomic mass is 32.1. The molecular weight excluding hydrogens is 512 g/mol. The van der Waals surface area contributed by atoms with Crippen LogP contribution in [0.5, 0.6) is 0 Å². The van der Waals surface area contributed by atoms with Crippen LogP contribution in [0.25, 0.3) is 10.1 Å². The molecule has 0 spiro atoms. The van der Waals surface area contributed by atoms with Crippen molar-refractivity contribution in [2.45, 2.75) is 63.1 Å². The lowest BCUT2D eigenvalue weighted by atomic mass is 9.84. The van der Waals surface area contributed by atoms with E-state index in [1.54, 1.807) is 34.2 Å². The van der Waals surface area contributed by atoms with Crippen LogP contribution in [0, 0.1) is 5.92 Å². The van der Waals surface area contributed by atoms with Gasteiger partial charge in [-0.3, -0.25) is 24.2 Å². The van der Waals surface area contributed by atoms with Crippen molar-refractivity contribution in [1.82, 2.24) is 20.1 Å². The Bertz CT molecular complexity index is 1400. The van der Waals surface area contributed by atoms with Crippen molar-refractivity contribution in [1.29, 1.82) is 0 Å². The summed E-state index contributed by atoms with van der Waals surface area (Å²) >= 11 is 1.51. The first-order valence-electron chi connectivity index (χ1n) is 13.8. The summed E-state index contributed by atoms with van der Waals surface area (Å²) in [5.74, 6) is -0.556. The van der Waals surface area contributed by atoms with E-state index in [0.717, 1.165) is 35.8 Å². The Hall–Kier alpha value is -3.59. The largest absolute Gasteiger partial charge is 0.340 e. The second kappa shape index (κ2) is 10.9. The number of Topliss-reactive ketones (excluding diaryl/α,β-unsaturated/α-hetero) is 1. The van der Waals surface area contributed by atoms with Crippen LogP contribution in [0.2, 0.25) is 0 Å². The second-order valence-electron chi connectivity index (χ2n) is 10.9. The summed E-state index contributed by atoms with van der Waals surface area (Å²) in [6, 6.07) is 11.1. The molecule has 3 aliphatic rings. The molecule has 4 heterocycles. The number of hydrogen-bond acceptors (Lipinski definition) is 6. The van der Waals surface area contributed by atoms with Crippen molar-refractivity contribution >= 4 is 44.9 Å². The maximum absolute atomic E-state index is 14.1. The van der Waals surface area contributed by atoms with Gasteiger partial charge in [0.15, 0.2) is 5.78 Å². The summed E-state index contributed by atoms with van der Waals surface area (Å²) in [7, 11) is 0. The van der Waals surface area contributed by atoms with Gasteiger partial charge in [0.1, 0.15) is 17.8 Å². The number of benzene rings is 1. The van der Waals surface area contributed by atoms with Crippen LogP contribution in [0.15, 0.2) is 54.0 Å². The number of likely N-dealkylation sites (tertiary alicyclic amines) is 2. The van der Waals surface area contributed by atoms with Gasteiger partial charge in [-0.25, -0.2) is 0 Å². The van der Waals surface area contributed by atoms with E-state index in [9.17, 15) is 19.2 Å². The molecule has 3 amide bonds. The summed E-state index contributed by atoms with van der Waals surface area (Å²) < 4.78 is 1.02. The molecule has 3 atom stereocenters. The first kappa shape index (κ1) is 25.7. The van der Waals surface area contributed by atoms with E-state index in [1.165, 1.54) is 17.8 Å². The highest BCUT2D eigenvalue weighted by Gasteiger charge is 2.52. The first-order valence-corrected chi connectivity index (χ1v) is 14.7. The summed E-state index contributed by atoms with van der Waals surface area (Å²) in [4.78, 5) is 61.2. The molecule has 202 valence electrons. The smallest absolute Gasteiger partial charge is 0.273 e. The van der Waals surface area contributed by atoms with E-state index in [0.29, 0.717) is 36.6 Å². The van der Waals surface area contributed by atoms with Gasteiger partial charge in [-0.15, -0.1) is 11.3 Å². The number of rotatable bonds is 6. The van der Waals surface area contributed by atoms with E-state index >= 15 is 0 Å². The molecule has 0 bridgehead atoms. The van der Waals surface area contributed by atoms with E-state index in [-0.39, 0.29) is 36.1 Å². The summed E-state index contributed by atoms with van der Waals surface area (Å²) in [6.07, 6.45) is 8.19. The number of ketones is 1. The molecule has 6 rings (SSSR count). The third-order valence-electron chi connectivity index (χ3n) is 8.47. The Labute approximate surface area is 231 Å². The van der Waals surface area contributed by atoms with Gasteiger partial charge >= 0.3 is 0 Å². The first-order chi connectivity index (χ1) is 19.0. The Balaban J connectivity index is 1.23.